The van der Waals surface area contributed by atoms with Crippen LogP contribution in [0.25, 0.3) is 16.3 Å². The topological polar surface area (TPSA) is 72.9 Å². The van der Waals surface area contributed by atoms with Crippen LogP contribution in [0.15, 0.2) is 91.0 Å². The summed E-state index contributed by atoms with van der Waals surface area (Å²) in [6.07, 6.45) is 1.99. The molecule has 4 aromatic carbocycles. The summed E-state index contributed by atoms with van der Waals surface area (Å²) in [5, 5.41) is 2.20. The van der Waals surface area contributed by atoms with Gasteiger partial charge in [0.1, 0.15) is 11.5 Å². The minimum Gasteiger partial charge on any atom is -0.497 e. The van der Waals surface area contributed by atoms with Crippen LogP contribution in [0.4, 0.5) is 5.69 Å². The Morgan fingerprint density at radius 2 is 1.54 bits per heavy atom. The number of anilines is 1. The molecule has 7 heteroatoms. The molecule has 3 aliphatic rings. The van der Waals surface area contributed by atoms with E-state index in [2.05, 4.69) is 0 Å². The molecule has 0 spiro atoms. The highest BCUT2D eigenvalue weighted by Crippen LogP contribution is 2.56. The number of para-hydroxylation sites is 1. The number of esters is 1. The van der Waals surface area contributed by atoms with Crippen LogP contribution in [0.3, 0.4) is 0 Å². The van der Waals surface area contributed by atoms with Crippen LogP contribution in [-0.2, 0) is 14.4 Å². The first-order chi connectivity index (χ1) is 19.0. The van der Waals surface area contributed by atoms with E-state index >= 15 is 0 Å². The van der Waals surface area contributed by atoms with Crippen molar-refractivity contribution in [3.63, 3.8) is 0 Å². The Hall–Kier alpha value is -4.42. The number of benzene rings is 4. The minimum atomic E-state index is -0.944. The summed E-state index contributed by atoms with van der Waals surface area (Å²) < 4.78 is 11.2. The summed E-state index contributed by atoms with van der Waals surface area (Å²) in [7, 11) is 1.59. The third kappa shape index (κ3) is 3.45. The lowest BCUT2D eigenvalue weighted by molar-refractivity contribution is -0.142. The van der Waals surface area contributed by atoms with E-state index in [1.165, 1.54) is 0 Å². The fourth-order valence-corrected chi connectivity index (χ4v) is 6.57. The molecule has 0 N–H and O–H groups in total. The fourth-order valence-electron chi connectivity index (χ4n) is 6.35. The normalized spacial score (nSPS) is 23.6. The Kier molecular flexibility index (Phi) is 5.35. The van der Waals surface area contributed by atoms with Crippen molar-refractivity contribution in [3.05, 3.63) is 107 Å². The predicted octanol–water partition coefficient (Wildman–Crippen LogP) is 6.02. The highest BCUT2D eigenvalue weighted by molar-refractivity contribution is 6.36. The zero-order valence-corrected chi connectivity index (χ0v) is 21.6. The van der Waals surface area contributed by atoms with Gasteiger partial charge in [0, 0.05) is 11.5 Å². The SMILES string of the molecule is COc1ccc([C@@H]2C=C3c4c(ccc5ccccc45)OC(=O)[C@@H]3[C@@H]3C(=O)N(c4ccccc4Cl)C(=O)[C@@H]32)cc1. The fraction of sp³-hybridized carbons (Fsp3) is 0.156. The van der Waals surface area contributed by atoms with Gasteiger partial charge in [0.15, 0.2) is 0 Å². The van der Waals surface area contributed by atoms with Crippen molar-refractivity contribution < 1.29 is 23.9 Å². The van der Waals surface area contributed by atoms with Crippen molar-refractivity contribution in [1.82, 2.24) is 0 Å². The first-order valence-electron chi connectivity index (χ1n) is 12.7. The van der Waals surface area contributed by atoms with Crippen LogP contribution in [0, 0.1) is 17.8 Å². The van der Waals surface area contributed by atoms with Gasteiger partial charge in [-0.2, -0.15) is 0 Å². The predicted molar refractivity (Wildman–Crippen MR) is 148 cm³/mol. The van der Waals surface area contributed by atoms with E-state index in [0.29, 0.717) is 22.8 Å². The Morgan fingerprint density at radius 3 is 2.31 bits per heavy atom. The van der Waals surface area contributed by atoms with Crippen LogP contribution < -0.4 is 14.4 Å². The van der Waals surface area contributed by atoms with E-state index in [0.717, 1.165) is 26.8 Å². The van der Waals surface area contributed by atoms with Crippen molar-refractivity contribution in [3.8, 4) is 11.5 Å². The molecule has 0 aromatic heterocycles. The van der Waals surface area contributed by atoms with Gasteiger partial charge in [-0.3, -0.25) is 14.4 Å². The van der Waals surface area contributed by atoms with E-state index in [-0.39, 0.29) is 10.9 Å². The summed E-state index contributed by atoms with van der Waals surface area (Å²) in [6, 6.07) is 25.8. The molecule has 0 saturated carbocycles. The lowest BCUT2D eigenvalue weighted by Crippen LogP contribution is -2.42. The Bertz CT molecular complexity index is 1730. The molecule has 1 aliphatic carbocycles. The molecule has 1 saturated heterocycles. The van der Waals surface area contributed by atoms with Gasteiger partial charge in [-0.05, 0) is 52.2 Å². The molecular weight excluding hydrogens is 514 g/mol. The molecule has 39 heavy (non-hydrogen) atoms. The number of nitrogens with zero attached hydrogens (tertiary/aromatic N) is 1. The van der Waals surface area contributed by atoms with E-state index in [1.807, 2.05) is 60.7 Å². The standard InChI is InChI=1S/C32H22ClNO5/c1-38-19-13-10-18(11-14-19)21-16-22-26-20-7-3-2-6-17(20)12-15-25(26)39-32(37)28(22)29-27(21)30(35)34(31(29)36)24-9-5-4-8-23(24)33/h2-16,21,27-29H,1H3/t21-,27+,28-,29+/m0/s1. The van der Waals surface area contributed by atoms with Gasteiger partial charge in [-0.1, -0.05) is 72.3 Å². The maximum atomic E-state index is 14.1. The van der Waals surface area contributed by atoms with Crippen molar-refractivity contribution in [2.24, 2.45) is 17.8 Å². The molecule has 0 radical (unpaired) electrons. The number of amides is 2. The molecule has 7 rings (SSSR count). The first-order valence-corrected chi connectivity index (χ1v) is 13.1. The zero-order chi connectivity index (χ0) is 26.8. The maximum Gasteiger partial charge on any atom is 0.319 e. The number of fused-ring (bicyclic) bond motifs is 7. The van der Waals surface area contributed by atoms with Gasteiger partial charge in [0.05, 0.1) is 35.6 Å². The molecule has 0 unspecified atom stereocenters. The van der Waals surface area contributed by atoms with Crippen molar-refractivity contribution in [2.75, 3.05) is 12.0 Å². The van der Waals surface area contributed by atoms with Gasteiger partial charge in [-0.25, -0.2) is 4.90 Å². The van der Waals surface area contributed by atoms with Gasteiger partial charge in [0.2, 0.25) is 11.8 Å². The average molecular weight is 536 g/mol. The van der Waals surface area contributed by atoms with Crippen LogP contribution in [0.1, 0.15) is 17.0 Å². The number of halogens is 1. The summed E-state index contributed by atoms with van der Waals surface area (Å²) in [6.45, 7) is 0. The second kappa shape index (κ2) is 8.82. The Morgan fingerprint density at radius 1 is 0.821 bits per heavy atom. The largest absolute Gasteiger partial charge is 0.497 e. The van der Waals surface area contributed by atoms with Gasteiger partial charge in [0.25, 0.3) is 0 Å². The summed E-state index contributed by atoms with van der Waals surface area (Å²) in [5.41, 5.74) is 2.65. The lowest BCUT2D eigenvalue weighted by Gasteiger charge is -2.38. The van der Waals surface area contributed by atoms with E-state index in [4.69, 9.17) is 21.1 Å². The number of rotatable bonds is 3. The molecule has 2 amide bonds. The quantitative estimate of drug-likeness (QED) is 0.182. The number of allylic oxidation sites excluding steroid dienone is 1. The number of carbonyl (C=O) groups excluding carboxylic acids is 3. The third-order valence-electron chi connectivity index (χ3n) is 8.08. The number of imide groups is 1. The van der Waals surface area contributed by atoms with E-state index in [9.17, 15) is 14.4 Å². The van der Waals surface area contributed by atoms with Crippen molar-refractivity contribution >= 4 is 51.4 Å². The molecule has 4 atom stereocenters. The summed E-state index contributed by atoms with van der Waals surface area (Å²) >= 11 is 6.45. The molecule has 2 heterocycles. The second-order valence-corrected chi connectivity index (χ2v) is 10.4. The zero-order valence-electron chi connectivity index (χ0n) is 20.8. The maximum absolute atomic E-state index is 14.1. The second-order valence-electron chi connectivity index (χ2n) is 9.99. The first kappa shape index (κ1) is 23.7. The number of hydrogen-bond donors (Lipinski definition) is 0. The van der Waals surface area contributed by atoms with Gasteiger partial charge < -0.3 is 9.47 Å². The number of hydrogen-bond acceptors (Lipinski definition) is 5. The van der Waals surface area contributed by atoms with Gasteiger partial charge >= 0.3 is 5.97 Å². The van der Waals surface area contributed by atoms with Gasteiger partial charge in [-0.15, -0.1) is 0 Å². The van der Waals surface area contributed by atoms with Crippen LogP contribution in [0.2, 0.25) is 5.02 Å². The highest BCUT2D eigenvalue weighted by Gasteiger charge is 2.60. The Labute approximate surface area is 229 Å². The summed E-state index contributed by atoms with van der Waals surface area (Å²) in [5.74, 6) is -3.37. The van der Waals surface area contributed by atoms with Crippen LogP contribution in [0.5, 0.6) is 11.5 Å². The number of ether oxygens (including phenoxy) is 2. The molecule has 0 bridgehead atoms. The monoisotopic (exact) mass is 535 g/mol. The van der Waals surface area contributed by atoms with Crippen molar-refractivity contribution in [1.29, 1.82) is 0 Å². The molecular formula is C32H22ClNO5. The molecule has 1 fully saturated rings. The molecule has 192 valence electrons. The number of methoxy groups -OCH3 is 1. The molecule has 2 aliphatic heterocycles. The smallest absolute Gasteiger partial charge is 0.319 e. The van der Waals surface area contributed by atoms with Crippen LogP contribution in [-0.4, -0.2) is 24.9 Å². The summed E-state index contributed by atoms with van der Waals surface area (Å²) in [4.78, 5) is 43.0. The third-order valence-corrected chi connectivity index (χ3v) is 8.40. The average Bonchev–Trinajstić information content (AvgIpc) is 3.22. The highest BCUT2D eigenvalue weighted by atomic mass is 35.5. The molecule has 4 aromatic rings. The Balaban J connectivity index is 1.47. The van der Waals surface area contributed by atoms with Crippen LogP contribution >= 0.6 is 11.6 Å². The van der Waals surface area contributed by atoms with Crippen molar-refractivity contribution in [2.45, 2.75) is 5.92 Å². The van der Waals surface area contributed by atoms with E-state index in [1.54, 1.807) is 37.4 Å². The number of carbonyl (C=O) groups is 3. The lowest BCUT2D eigenvalue weighted by atomic mass is 9.64. The minimum absolute atomic E-state index is 0.287. The van der Waals surface area contributed by atoms with E-state index < -0.39 is 35.5 Å². The molecule has 6 nitrogen and oxygen atoms in total.